The summed E-state index contributed by atoms with van der Waals surface area (Å²) in [6.07, 6.45) is 1.03. The lowest BCUT2D eigenvalue weighted by Crippen LogP contribution is -2.48. The van der Waals surface area contributed by atoms with Gasteiger partial charge in [0.25, 0.3) is 5.91 Å². The fourth-order valence-electron chi connectivity index (χ4n) is 3.22. The van der Waals surface area contributed by atoms with Crippen LogP contribution < -0.4 is 5.32 Å². The quantitative estimate of drug-likeness (QED) is 0.946. The van der Waals surface area contributed by atoms with Crippen molar-refractivity contribution in [3.63, 3.8) is 0 Å². The number of benzene rings is 1. The van der Waals surface area contributed by atoms with Gasteiger partial charge in [0, 0.05) is 19.6 Å². The number of furan rings is 1. The Labute approximate surface area is 137 Å². The van der Waals surface area contributed by atoms with Crippen LogP contribution in [0.5, 0.6) is 0 Å². The first-order chi connectivity index (χ1) is 11.1. The van der Waals surface area contributed by atoms with E-state index in [1.807, 2.05) is 24.8 Å². The zero-order chi connectivity index (χ0) is 16.4. The van der Waals surface area contributed by atoms with Gasteiger partial charge in [0.15, 0.2) is 0 Å². The Kier molecular flexibility index (Phi) is 4.53. The lowest BCUT2D eigenvalue weighted by atomic mass is 10.00. The lowest BCUT2D eigenvalue weighted by Gasteiger charge is -2.36. The summed E-state index contributed by atoms with van der Waals surface area (Å²) in [4.78, 5) is 14.9. The zero-order valence-corrected chi connectivity index (χ0v) is 14.1. The molecule has 0 aliphatic carbocycles. The summed E-state index contributed by atoms with van der Waals surface area (Å²) in [6.45, 7) is 8.20. The van der Waals surface area contributed by atoms with Gasteiger partial charge < -0.3 is 14.6 Å². The van der Waals surface area contributed by atoms with E-state index in [1.54, 1.807) is 0 Å². The number of hydrogen-bond acceptors (Lipinski definition) is 3. The highest BCUT2D eigenvalue weighted by atomic mass is 16.3. The molecule has 1 aromatic carbocycles. The molecule has 4 nitrogen and oxygen atoms in total. The number of amides is 1. The molecule has 0 spiro atoms. The van der Waals surface area contributed by atoms with Crippen LogP contribution in [0.4, 0.5) is 0 Å². The molecule has 1 N–H and O–H groups in total. The molecule has 0 radical (unpaired) electrons. The molecule has 4 heteroatoms. The zero-order valence-electron chi connectivity index (χ0n) is 14.1. The third-order valence-corrected chi connectivity index (χ3v) is 4.55. The van der Waals surface area contributed by atoms with Gasteiger partial charge in [-0.25, -0.2) is 0 Å². The number of nitrogens with one attached hydrogen (secondary N) is 1. The van der Waals surface area contributed by atoms with Crippen molar-refractivity contribution >= 4 is 5.91 Å². The van der Waals surface area contributed by atoms with E-state index in [-0.39, 0.29) is 11.9 Å². The number of carbonyl (C=O) groups is 1. The van der Waals surface area contributed by atoms with Gasteiger partial charge >= 0.3 is 0 Å². The van der Waals surface area contributed by atoms with Gasteiger partial charge in [-0.3, -0.25) is 4.79 Å². The second kappa shape index (κ2) is 6.59. The van der Waals surface area contributed by atoms with Crippen LogP contribution in [-0.2, 0) is 6.42 Å². The van der Waals surface area contributed by atoms with Crippen LogP contribution >= 0.6 is 0 Å². The van der Waals surface area contributed by atoms with Crippen molar-refractivity contribution in [1.82, 2.24) is 10.2 Å². The first-order valence-electron chi connectivity index (χ1n) is 8.27. The van der Waals surface area contributed by atoms with Crippen molar-refractivity contribution in [3.05, 3.63) is 58.5 Å². The highest BCUT2D eigenvalue weighted by Crippen LogP contribution is 2.26. The Bertz CT molecular complexity index is 688. The van der Waals surface area contributed by atoms with E-state index in [0.29, 0.717) is 17.9 Å². The predicted molar refractivity (Wildman–Crippen MR) is 90.6 cm³/mol. The van der Waals surface area contributed by atoms with E-state index in [4.69, 9.17) is 4.42 Å². The van der Waals surface area contributed by atoms with Crippen molar-refractivity contribution < 1.29 is 9.21 Å². The van der Waals surface area contributed by atoms with Crippen molar-refractivity contribution in [2.75, 3.05) is 19.6 Å². The number of hydrogen-bond donors (Lipinski definition) is 1. The van der Waals surface area contributed by atoms with E-state index in [1.165, 1.54) is 11.1 Å². The Morgan fingerprint density at radius 2 is 2.04 bits per heavy atom. The summed E-state index contributed by atoms with van der Waals surface area (Å²) in [5, 5.41) is 3.40. The van der Waals surface area contributed by atoms with Crippen LogP contribution in [-0.4, -0.2) is 30.4 Å². The van der Waals surface area contributed by atoms with Gasteiger partial charge in [-0.05, 0) is 37.5 Å². The van der Waals surface area contributed by atoms with Gasteiger partial charge in [-0.1, -0.05) is 31.2 Å². The van der Waals surface area contributed by atoms with Gasteiger partial charge in [0.2, 0.25) is 0 Å². The minimum atomic E-state index is 0.0606. The van der Waals surface area contributed by atoms with Crippen LogP contribution in [0.3, 0.4) is 0 Å². The summed E-state index contributed by atoms with van der Waals surface area (Å²) < 4.78 is 5.53. The van der Waals surface area contributed by atoms with Crippen molar-refractivity contribution in [3.8, 4) is 0 Å². The van der Waals surface area contributed by atoms with Crippen LogP contribution in [0.15, 0.2) is 34.7 Å². The summed E-state index contributed by atoms with van der Waals surface area (Å²) in [6, 6.07) is 10.5. The van der Waals surface area contributed by atoms with Crippen molar-refractivity contribution in [1.29, 1.82) is 0 Å². The number of carbonyl (C=O) groups excluding carboxylic acids is 1. The summed E-state index contributed by atoms with van der Waals surface area (Å²) in [5.74, 6) is 1.54. The Balaban J connectivity index is 1.88. The summed E-state index contributed by atoms with van der Waals surface area (Å²) in [7, 11) is 0. The molecule has 23 heavy (non-hydrogen) atoms. The lowest BCUT2D eigenvalue weighted by molar-refractivity contribution is 0.0632. The van der Waals surface area contributed by atoms with Crippen molar-refractivity contribution in [2.45, 2.75) is 33.2 Å². The van der Waals surface area contributed by atoms with Crippen LogP contribution in [0, 0.1) is 13.8 Å². The standard InChI is InChI=1S/C19H24N2O2/c1-4-15-5-7-16(8-6-15)18-12-20-9-10-21(18)19(22)17-11-13(2)23-14(17)3/h5-8,11,18,20H,4,9-10,12H2,1-3H3. The van der Waals surface area contributed by atoms with Gasteiger partial charge in [0.05, 0.1) is 11.6 Å². The smallest absolute Gasteiger partial charge is 0.258 e. The highest BCUT2D eigenvalue weighted by molar-refractivity contribution is 5.95. The summed E-state index contributed by atoms with van der Waals surface area (Å²) in [5.41, 5.74) is 3.18. The second-order valence-corrected chi connectivity index (χ2v) is 6.14. The van der Waals surface area contributed by atoms with Crippen LogP contribution in [0.25, 0.3) is 0 Å². The SMILES string of the molecule is CCc1ccc(C2CNCCN2C(=O)c2cc(C)oc2C)cc1. The van der Waals surface area contributed by atoms with Crippen LogP contribution in [0.2, 0.25) is 0 Å². The fourth-order valence-corrected chi connectivity index (χ4v) is 3.22. The third-order valence-electron chi connectivity index (χ3n) is 4.55. The minimum absolute atomic E-state index is 0.0606. The predicted octanol–water partition coefficient (Wildman–Crippen LogP) is 3.25. The molecule has 1 aliphatic rings. The van der Waals surface area contributed by atoms with E-state index < -0.39 is 0 Å². The average Bonchev–Trinajstić information content (AvgIpc) is 2.92. The molecular formula is C19H24N2O2. The Morgan fingerprint density at radius 3 is 2.65 bits per heavy atom. The second-order valence-electron chi connectivity index (χ2n) is 6.14. The van der Waals surface area contributed by atoms with Gasteiger partial charge in [-0.15, -0.1) is 0 Å². The van der Waals surface area contributed by atoms with E-state index in [2.05, 4.69) is 36.5 Å². The van der Waals surface area contributed by atoms with E-state index >= 15 is 0 Å². The number of aryl methyl sites for hydroxylation is 3. The van der Waals surface area contributed by atoms with Gasteiger partial charge in [-0.2, -0.15) is 0 Å². The molecule has 2 aromatic rings. The molecule has 1 fully saturated rings. The average molecular weight is 312 g/mol. The molecule has 1 unspecified atom stereocenters. The van der Waals surface area contributed by atoms with Gasteiger partial charge in [0.1, 0.15) is 11.5 Å². The Morgan fingerprint density at radius 1 is 1.30 bits per heavy atom. The maximum Gasteiger partial charge on any atom is 0.258 e. The van der Waals surface area contributed by atoms with Crippen molar-refractivity contribution in [2.24, 2.45) is 0 Å². The number of rotatable bonds is 3. The molecule has 1 aromatic heterocycles. The molecule has 122 valence electrons. The molecule has 1 atom stereocenters. The summed E-state index contributed by atoms with van der Waals surface area (Å²) >= 11 is 0. The van der Waals surface area contributed by atoms with E-state index in [0.717, 1.165) is 25.3 Å². The first kappa shape index (κ1) is 15.8. The molecular weight excluding hydrogens is 288 g/mol. The largest absolute Gasteiger partial charge is 0.466 e. The third kappa shape index (κ3) is 3.17. The molecule has 0 bridgehead atoms. The minimum Gasteiger partial charge on any atom is -0.466 e. The fraction of sp³-hybridized carbons (Fsp3) is 0.421. The molecule has 0 saturated carbocycles. The molecule has 1 aliphatic heterocycles. The maximum atomic E-state index is 13.0. The monoisotopic (exact) mass is 312 g/mol. The highest BCUT2D eigenvalue weighted by Gasteiger charge is 2.30. The molecule has 1 amide bonds. The normalized spacial score (nSPS) is 18.2. The molecule has 2 heterocycles. The molecule has 3 rings (SSSR count). The Hall–Kier alpha value is -2.07. The van der Waals surface area contributed by atoms with E-state index in [9.17, 15) is 4.79 Å². The maximum absolute atomic E-state index is 13.0. The number of nitrogens with zero attached hydrogens (tertiary/aromatic N) is 1. The first-order valence-corrected chi connectivity index (χ1v) is 8.27. The topological polar surface area (TPSA) is 45.5 Å². The number of piperazine rings is 1. The van der Waals surface area contributed by atoms with Crippen LogP contribution in [0.1, 0.15) is 46.0 Å². The molecule has 1 saturated heterocycles.